The van der Waals surface area contributed by atoms with E-state index in [1.807, 2.05) is 6.07 Å². The minimum absolute atomic E-state index is 0.0639. The zero-order chi connectivity index (χ0) is 19.9. The Morgan fingerprint density at radius 3 is 2.57 bits per heavy atom. The van der Waals surface area contributed by atoms with Crippen LogP contribution in [0.4, 0.5) is 14.5 Å². The van der Waals surface area contributed by atoms with Crippen LogP contribution in [-0.2, 0) is 5.79 Å². The summed E-state index contributed by atoms with van der Waals surface area (Å²) < 4.78 is 40.8. The van der Waals surface area contributed by atoms with Gasteiger partial charge >= 0.3 is 0 Å². The van der Waals surface area contributed by atoms with E-state index in [9.17, 15) is 8.78 Å². The molecule has 28 heavy (non-hydrogen) atoms. The molecule has 1 aliphatic heterocycles. The number of rotatable bonds is 3. The van der Waals surface area contributed by atoms with Gasteiger partial charge < -0.3 is 14.8 Å². The Labute approximate surface area is 160 Å². The summed E-state index contributed by atoms with van der Waals surface area (Å²) >= 11 is 0. The molecule has 1 atom stereocenters. The zero-order valence-corrected chi connectivity index (χ0v) is 15.1. The number of nitriles is 1. The molecule has 0 bridgehead atoms. The summed E-state index contributed by atoms with van der Waals surface area (Å²) in [5.74, 6) is -1.73. The van der Waals surface area contributed by atoms with Crippen molar-refractivity contribution in [2.75, 3.05) is 12.4 Å². The second-order valence-corrected chi connectivity index (χ2v) is 6.39. The van der Waals surface area contributed by atoms with E-state index in [1.54, 1.807) is 37.3 Å². The molecule has 140 valence electrons. The number of para-hydroxylation sites is 1. The molecule has 2 heterocycles. The van der Waals surface area contributed by atoms with Gasteiger partial charge in [0.2, 0.25) is 0 Å². The number of pyridine rings is 1. The number of anilines is 1. The van der Waals surface area contributed by atoms with Crippen LogP contribution >= 0.6 is 0 Å². The standard InChI is InChI=1S/C21H15F2N3O2/c1-21(19-7-6-12(10-24)11-26-19)27-18-5-3-4-13(20(18)28-21)14-8-16(23)17(25-2)9-15(14)22/h3-9,11,25H,1-2H3/t21-/m0/s1. The topological polar surface area (TPSA) is 67.2 Å². The third-order valence-electron chi connectivity index (χ3n) is 4.55. The lowest BCUT2D eigenvalue weighted by Crippen LogP contribution is -2.32. The van der Waals surface area contributed by atoms with Gasteiger partial charge in [-0.1, -0.05) is 12.1 Å². The zero-order valence-electron chi connectivity index (χ0n) is 15.1. The lowest BCUT2D eigenvalue weighted by Gasteiger charge is -2.22. The maximum absolute atomic E-state index is 14.6. The molecule has 4 rings (SSSR count). The number of ether oxygens (including phenoxy) is 2. The number of fused-ring (bicyclic) bond motifs is 1. The SMILES string of the molecule is CNc1cc(F)c(-c2cccc3c2O[C@@](C)(c2ccc(C#N)cn2)O3)cc1F. The molecule has 0 fully saturated rings. The number of hydrogen-bond donors (Lipinski definition) is 1. The average Bonchev–Trinajstić information content (AvgIpc) is 3.07. The third kappa shape index (κ3) is 2.79. The highest BCUT2D eigenvalue weighted by Crippen LogP contribution is 2.49. The van der Waals surface area contributed by atoms with Gasteiger partial charge in [0.05, 0.1) is 11.3 Å². The Balaban J connectivity index is 1.77. The van der Waals surface area contributed by atoms with Crippen LogP contribution in [0.3, 0.4) is 0 Å². The predicted octanol–water partition coefficient (Wildman–Crippen LogP) is 4.58. The Bertz CT molecular complexity index is 1110. The Hall–Kier alpha value is -3.66. The first-order chi connectivity index (χ1) is 13.4. The highest BCUT2D eigenvalue weighted by atomic mass is 19.1. The molecule has 1 aliphatic rings. The van der Waals surface area contributed by atoms with Gasteiger partial charge in [0, 0.05) is 37.4 Å². The second kappa shape index (κ2) is 6.50. The molecule has 5 nitrogen and oxygen atoms in total. The van der Waals surface area contributed by atoms with E-state index >= 15 is 0 Å². The molecule has 0 aliphatic carbocycles. The lowest BCUT2D eigenvalue weighted by atomic mass is 10.0. The number of nitrogens with one attached hydrogen (secondary N) is 1. The number of nitrogens with zero attached hydrogens (tertiary/aromatic N) is 2. The van der Waals surface area contributed by atoms with Crippen LogP contribution < -0.4 is 14.8 Å². The van der Waals surface area contributed by atoms with Gasteiger partial charge in [-0.25, -0.2) is 8.78 Å². The molecule has 0 amide bonds. The average molecular weight is 379 g/mol. The smallest absolute Gasteiger partial charge is 0.292 e. The molecular weight excluding hydrogens is 364 g/mol. The lowest BCUT2D eigenvalue weighted by molar-refractivity contribution is -0.0715. The summed E-state index contributed by atoms with van der Waals surface area (Å²) in [5, 5.41) is 11.5. The fourth-order valence-electron chi connectivity index (χ4n) is 3.12. The van der Waals surface area contributed by atoms with Gasteiger partial charge in [-0.3, -0.25) is 4.98 Å². The van der Waals surface area contributed by atoms with Crippen molar-refractivity contribution in [3.8, 4) is 28.7 Å². The normalized spacial score (nSPS) is 17.2. The maximum Gasteiger partial charge on any atom is 0.292 e. The van der Waals surface area contributed by atoms with Crippen LogP contribution in [0.1, 0.15) is 18.2 Å². The number of hydrogen-bond acceptors (Lipinski definition) is 5. The van der Waals surface area contributed by atoms with Crippen molar-refractivity contribution in [2.45, 2.75) is 12.7 Å². The van der Waals surface area contributed by atoms with Crippen LogP contribution in [0.2, 0.25) is 0 Å². The minimum atomic E-state index is -1.26. The number of halogens is 2. The van der Waals surface area contributed by atoms with E-state index in [4.69, 9.17) is 14.7 Å². The van der Waals surface area contributed by atoms with Crippen molar-refractivity contribution < 1.29 is 18.3 Å². The summed E-state index contributed by atoms with van der Waals surface area (Å²) in [4.78, 5) is 4.23. The summed E-state index contributed by atoms with van der Waals surface area (Å²) in [6.07, 6.45) is 1.42. The van der Waals surface area contributed by atoms with Crippen molar-refractivity contribution in [3.05, 3.63) is 71.6 Å². The van der Waals surface area contributed by atoms with Crippen LogP contribution in [-0.4, -0.2) is 12.0 Å². The van der Waals surface area contributed by atoms with Crippen LogP contribution in [0.5, 0.6) is 11.5 Å². The predicted molar refractivity (Wildman–Crippen MR) is 98.9 cm³/mol. The van der Waals surface area contributed by atoms with Gasteiger partial charge in [-0.05, 0) is 24.3 Å². The van der Waals surface area contributed by atoms with Crippen LogP contribution in [0.15, 0.2) is 48.7 Å². The fraction of sp³-hybridized carbons (Fsp3) is 0.143. The fourth-order valence-corrected chi connectivity index (χ4v) is 3.12. The van der Waals surface area contributed by atoms with Gasteiger partial charge in [0.1, 0.15) is 23.4 Å². The molecule has 0 saturated heterocycles. The number of benzene rings is 2. The van der Waals surface area contributed by atoms with Crippen molar-refractivity contribution in [1.82, 2.24) is 4.98 Å². The summed E-state index contributed by atoms with van der Waals surface area (Å²) in [6.45, 7) is 1.67. The molecule has 0 radical (unpaired) electrons. The second-order valence-electron chi connectivity index (χ2n) is 6.39. The quantitative estimate of drug-likeness (QED) is 0.721. The molecule has 0 spiro atoms. The number of aromatic nitrogens is 1. The van der Waals surface area contributed by atoms with E-state index in [-0.39, 0.29) is 11.3 Å². The van der Waals surface area contributed by atoms with Crippen LogP contribution in [0.25, 0.3) is 11.1 Å². The van der Waals surface area contributed by atoms with Crippen molar-refractivity contribution in [1.29, 1.82) is 5.26 Å². The summed E-state index contributed by atoms with van der Waals surface area (Å²) in [5.41, 5.74) is 1.36. The molecule has 1 aromatic heterocycles. The highest BCUT2D eigenvalue weighted by Gasteiger charge is 2.41. The van der Waals surface area contributed by atoms with Gasteiger partial charge in [-0.2, -0.15) is 5.26 Å². The van der Waals surface area contributed by atoms with E-state index in [1.165, 1.54) is 13.2 Å². The first-order valence-electron chi connectivity index (χ1n) is 8.50. The van der Waals surface area contributed by atoms with E-state index < -0.39 is 17.4 Å². The highest BCUT2D eigenvalue weighted by molar-refractivity contribution is 5.76. The molecule has 1 N–H and O–H groups in total. The first-order valence-corrected chi connectivity index (χ1v) is 8.50. The molecule has 0 saturated carbocycles. The van der Waals surface area contributed by atoms with Gasteiger partial charge in [-0.15, -0.1) is 0 Å². The Morgan fingerprint density at radius 2 is 1.89 bits per heavy atom. The van der Waals surface area contributed by atoms with Gasteiger partial charge in [0.15, 0.2) is 11.5 Å². The van der Waals surface area contributed by atoms with E-state index in [2.05, 4.69) is 10.3 Å². The van der Waals surface area contributed by atoms with E-state index in [0.717, 1.165) is 12.1 Å². The molecular formula is C21H15F2N3O2. The van der Waals surface area contributed by atoms with E-state index in [0.29, 0.717) is 28.3 Å². The minimum Gasteiger partial charge on any atom is -0.443 e. The molecule has 7 heteroatoms. The molecule has 0 unspecified atom stereocenters. The van der Waals surface area contributed by atoms with Crippen molar-refractivity contribution in [3.63, 3.8) is 0 Å². The molecule has 3 aromatic rings. The van der Waals surface area contributed by atoms with Gasteiger partial charge in [0.25, 0.3) is 5.79 Å². The van der Waals surface area contributed by atoms with Crippen molar-refractivity contribution >= 4 is 5.69 Å². The maximum atomic E-state index is 14.6. The first kappa shape index (κ1) is 17.7. The Morgan fingerprint density at radius 1 is 1.07 bits per heavy atom. The Kier molecular flexibility index (Phi) is 4.12. The molecule has 2 aromatic carbocycles. The summed E-state index contributed by atoms with van der Waals surface area (Å²) in [7, 11) is 1.52. The third-order valence-corrected chi connectivity index (χ3v) is 4.55. The van der Waals surface area contributed by atoms with Crippen LogP contribution in [0, 0.1) is 23.0 Å². The van der Waals surface area contributed by atoms with Crippen molar-refractivity contribution in [2.24, 2.45) is 0 Å². The largest absolute Gasteiger partial charge is 0.443 e. The summed E-state index contributed by atoms with van der Waals surface area (Å²) in [6, 6.07) is 12.5. The monoisotopic (exact) mass is 379 g/mol.